The maximum absolute atomic E-state index is 11.9. The average Bonchev–Trinajstić information content (AvgIpc) is 3.07. The van der Waals surface area contributed by atoms with Gasteiger partial charge in [0.05, 0.1) is 21.2 Å². The third-order valence-corrected chi connectivity index (χ3v) is 6.04. The summed E-state index contributed by atoms with van der Waals surface area (Å²) in [5.41, 5.74) is 1.24. The Bertz CT molecular complexity index is 1260. The molecule has 3 rings (SSSR count). The van der Waals surface area contributed by atoms with Gasteiger partial charge < -0.3 is 0 Å². The predicted octanol–water partition coefficient (Wildman–Crippen LogP) is 2.25. The number of nitro benzene ring substituents is 1. The van der Waals surface area contributed by atoms with E-state index in [1.165, 1.54) is 47.1 Å². The summed E-state index contributed by atoms with van der Waals surface area (Å²) in [6.45, 7) is 0. The minimum absolute atomic E-state index is 0.113. The fraction of sp³-hybridized carbons (Fsp3) is 0.118. The summed E-state index contributed by atoms with van der Waals surface area (Å²) in [5.74, 6) is 0. The number of nitro groups is 1. The summed E-state index contributed by atoms with van der Waals surface area (Å²) >= 11 is 0. The molecule has 0 unspecified atom stereocenters. The molecule has 0 radical (unpaired) electrons. The van der Waals surface area contributed by atoms with E-state index < -0.39 is 24.6 Å². The second-order valence-electron chi connectivity index (χ2n) is 6.12. The molecule has 0 saturated carbocycles. The highest BCUT2D eigenvalue weighted by molar-refractivity contribution is 7.91. The Labute approximate surface area is 161 Å². The third kappa shape index (κ3) is 3.94. The number of non-ortho nitro benzene ring substituents is 1. The molecule has 0 atom stereocenters. The normalized spacial score (nSPS) is 12.1. The summed E-state index contributed by atoms with van der Waals surface area (Å²) in [4.78, 5) is 10.4. The second-order valence-corrected chi connectivity index (χ2v) is 10.1. The van der Waals surface area contributed by atoms with E-state index in [2.05, 4.69) is 5.10 Å². The lowest BCUT2D eigenvalue weighted by atomic mass is 10.1. The molecule has 0 amide bonds. The zero-order valence-corrected chi connectivity index (χ0v) is 16.4. The van der Waals surface area contributed by atoms with Crippen molar-refractivity contribution in [1.29, 1.82) is 0 Å². The van der Waals surface area contributed by atoms with Crippen molar-refractivity contribution in [3.8, 4) is 16.9 Å². The van der Waals surface area contributed by atoms with Gasteiger partial charge in [0, 0.05) is 36.3 Å². The standard InChI is InChI=1S/C17H15N3O6S2/c1-27(23,24)15-9-3-12(4-10-15)16-11-17(28(2,25)26)18-19(16)13-5-7-14(8-6-13)20(21)22/h3-11H,1-2H3. The van der Waals surface area contributed by atoms with Gasteiger partial charge in [-0.3, -0.25) is 10.1 Å². The van der Waals surface area contributed by atoms with Crippen molar-refractivity contribution >= 4 is 25.4 Å². The lowest BCUT2D eigenvalue weighted by Crippen LogP contribution is -2.03. The first-order chi connectivity index (χ1) is 13.0. The lowest BCUT2D eigenvalue weighted by molar-refractivity contribution is -0.384. The van der Waals surface area contributed by atoms with Crippen LogP contribution in [0, 0.1) is 10.1 Å². The van der Waals surface area contributed by atoms with Crippen LogP contribution in [0.25, 0.3) is 16.9 Å². The number of nitrogens with zero attached hydrogens (tertiary/aromatic N) is 3. The molecule has 0 N–H and O–H groups in total. The Hall–Kier alpha value is -3.05. The van der Waals surface area contributed by atoms with E-state index in [1.54, 1.807) is 12.1 Å². The van der Waals surface area contributed by atoms with Gasteiger partial charge in [-0.25, -0.2) is 21.5 Å². The van der Waals surface area contributed by atoms with Crippen molar-refractivity contribution in [2.45, 2.75) is 9.92 Å². The van der Waals surface area contributed by atoms with E-state index in [0.717, 1.165) is 12.5 Å². The topological polar surface area (TPSA) is 129 Å². The van der Waals surface area contributed by atoms with E-state index >= 15 is 0 Å². The zero-order chi connectivity index (χ0) is 20.7. The summed E-state index contributed by atoms with van der Waals surface area (Å²) in [6.07, 6.45) is 2.11. The van der Waals surface area contributed by atoms with Gasteiger partial charge in [0.15, 0.2) is 24.7 Å². The first-order valence-electron chi connectivity index (χ1n) is 7.82. The first kappa shape index (κ1) is 19.7. The highest BCUT2D eigenvalue weighted by Gasteiger charge is 2.19. The Balaban J connectivity index is 2.17. The highest BCUT2D eigenvalue weighted by atomic mass is 32.2. The highest BCUT2D eigenvalue weighted by Crippen LogP contribution is 2.27. The van der Waals surface area contributed by atoms with Crippen LogP contribution >= 0.6 is 0 Å². The monoisotopic (exact) mass is 421 g/mol. The van der Waals surface area contributed by atoms with Crippen LogP contribution in [0.3, 0.4) is 0 Å². The van der Waals surface area contributed by atoms with Gasteiger partial charge in [0.2, 0.25) is 0 Å². The molecule has 0 fully saturated rings. The molecule has 28 heavy (non-hydrogen) atoms. The van der Waals surface area contributed by atoms with Crippen molar-refractivity contribution in [2.24, 2.45) is 0 Å². The summed E-state index contributed by atoms with van der Waals surface area (Å²) in [6, 6.07) is 12.8. The van der Waals surface area contributed by atoms with Gasteiger partial charge >= 0.3 is 0 Å². The molecular weight excluding hydrogens is 406 g/mol. The average molecular weight is 421 g/mol. The van der Waals surface area contributed by atoms with Crippen LogP contribution < -0.4 is 0 Å². The Morgan fingerprint density at radius 1 is 0.893 bits per heavy atom. The molecule has 0 saturated heterocycles. The summed E-state index contributed by atoms with van der Waals surface area (Å²) in [5, 5.41) is 14.8. The third-order valence-electron chi connectivity index (χ3n) is 3.95. The Morgan fingerprint density at radius 2 is 1.46 bits per heavy atom. The van der Waals surface area contributed by atoms with Crippen LogP contribution in [0.15, 0.2) is 64.5 Å². The van der Waals surface area contributed by atoms with Crippen LogP contribution in [0.4, 0.5) is 5.69 Å². The van der Waals surface area contributed by atoms with Crippen molar-refractivity contribution < 1.29 is 21.8 Å². The fourth-order valence-corrected chi connectivity index (χ4v) is 3.72. The molecule has 0 spiro atoms. The van der Waals surface area contributed by atoms with Crippen molar-refractivity contribution in [3.05, 3.63) is 64.7 Å². The summed E-state index contributed by atoms with van der Waals surface area (Å²) in [7, 11) is -6.99. The molecule has 9 nitrogen and oxygen atoms in total. The van der Waals surface area contributed by atoms with E-state index in [0.29, 0.717) is 16.9 Å². The minimum atomic E-state index is -3.61. The van der Waals surface area contributed by atoms with Crippen LogP contribution in [-0.2, 0) is 19.7 Å². The second kappa shape index (κ2) is 6.84. The van der Waals surface area contributed by atoms with E-state index in [4.69, 9.17) is 0 Å². The number of hydrogen-bond donors (Lipinski definition) is 0. The SMILES string of the molecule is CS(=O)(=O)c1ccc(-c2cc(S(C)(=O)=O)nn2-c2ccc([N+](=O)[O-])cc2)cc1. The molecule has 1 aromatic heterocycles. The van der Waals surface area contributed by atoms with Crippen LogP contribution in [0.1, 0.15) is 0 Å². The first-order valence-corrected chi connectivity index (χ1v) is 11.6. The summed E-state index contributed by atoms with van der Waals surface area (Å²) < 4.78 is 48.5. The number of rotatable bonds is 5. The molecule has 1 heterocycles. The molecule has 146 valence electrons. The maximum atomic E-state index is 11.9. The minimum Gasteiger partial charge on any atom is -0.258 e. The number of aromatic nitrogens is 2. The number of sulfone groups is 2. The zero-order valence-electron chi connectivity index (χ0n) is 14.8. The lowest BCUT2D eigenvalue weighted by Gasteiger charge is -2.08. The Morgan fingerprint density at radius 3 is 1.93 bits per heavy atom. The van der Waals surface area contributed by atoms with Gasteiger partial charge in [0.1, 0.15) is 0 Å². The molecule has 11 heteroatoms. The molecule has 2 aromatic carbocycles. The fourth-order valence-electron chi connectivity index (χ4n) is 2.53. The number of benzene rings is 2. The van der Waals surface area contributed by atoms with E-state index in [1.807, 2.05) is 0 Å². The van der Waals surface area contributed by atoms with Crippen LogP contribution in [0.5, 0.6) is 0 Å². The molecule has 0 aliphatic carbocycles. The van der Waals surface area contributed by atoms with Gasteiger partial charge in [0.25, 0.3) is 5.69 Å². The van der Waals surface area contributed by atoms with Crippen molar-refractivity contribution in [3.63, 3.8) is 0 Å². The quantitative estimate of drug-likeness (QED) is 0.456. The van der Waals surface area contributed by atoms with E-state index in [-0.39, 0.29) is 15.6 Å². The van der Waals surface area contributed by atoms with Gasteiger partial charge in [-0.1, -0.05) is 12.1 Å². The van der Waals surface area contributed by atoms with Gasteiger partial charge in [-0.2, -0.15) is 5.10 Å². The maximum Gasteiger partial charge on any atom is 0.269 e. The molecule has 0 bridgehead atoms. The van der Waals surface area contributed by atoms with Crippen molar-refractivity contribution in [1.82, 2.24) is 9.78 Å². The Kier molecular flexibility index (Phi) is 4.81. The molecule has 0 aliphatic rings. The van der Waals surface area contributed by atoms with Crippen LogP contribution in [0.2, 0.25) is 0 Å². The molecule has 3 aromatic rings. The van der Waals surface area contributed by atoms with Crippen LogP contribution in [-0.4, -0.2) is 44.1 Å². The smallest absolute Gasteiger partial charge is 0.258 e. The number of hydrogen-bond acceptors (Lipinski definition) is 7. The van der Waals surface area contributed by atoms with E-state index in [9.17, 15) is 26.9 Å². The largest absolute Gasteiger partial charge is 0.269 e. The van der Waals surface area contributed by atoms with Crippen molar-refractivity contribution in [2.75, 3.05) is 12.5 Å². The van der Waals surface area contributed by atoms with Gasteiger partial charge in [-0.15, -0.1) is 0 Å². The molecular formula is C17H15N3O6S2. The predicted molar refractivity (Wildman–Crippen MR) is 102 cm³/mol. The van der Waals surface area contributed by atoms with Gasteiger partial charge in [-0.05, 0) is 24.3 Å². The molecule has 0 aliphatic heterocycles.